The maximum atomic E-state index is 13.0. The third-order valence-corrected chi connectivity index (χ3v) is 3.36. The predicted molar refractivity (Wildman–Crippen MR) is 78.6 cm³/mol. The molecule has 0 fully saturated rings. The molecule has 0 unspecified atom stereocenters. The Bertz CT molecular complexity index is 732. The smallest absolute Gasteiger partial charge is 0.342 e. The number of aromatic nitrogens is 2. The van der Waals surface area contributed by atoms with E-state index in [0.717, 1.165) is 4.68 Å². The summed E-state index contributed by atoms with van der Waals surface area (Å²) in [7, 11) is 1.45. The lowest BCUT2D eigenvalue weighted by Gasteiger charge is -2.07. The molecule has 1 N–H and O–H groups in total. The van der Waals surface area contributed by atoms with Crippen LogP contribution >= 0.6 is 11.6 Å². The number of nitrogens with zero attached hydrogens (tertiary/aromatic N) is 3. The molecule has 0 aliphatic carbocycles. The van der Waals surface area contributed by atoms with Gasteiger partial charge in [-0.1, -0.05) is 11.6 Å². The molecular formula is C13H12ClFN4O3. The van der Waals surface area contributed by atoms with E-state index in [-0.39, 0.29) is 27.9 Å². The Labute approximate surface area is 130 Å². The summed E-state index contributed by atoms with van der Waals surface area (Å²) in [4.78, 5) is 22.1. The molecule has 1 aromatic carbocycles. The van der Waals surface area contributed by atoms with Gasteiger partial charge in [-0.3, -0.25) is 0 Å². The highest BCUT2D eigenvalue weighted by Crippen LogP contribution is 2.34. The second-order valence-electron chi connectivity index (χ2n) is 4.29. The van der Waals surface area contributed by atoms with Crippen molar-refractivity contribution in [3.05, 3.63) is 39.4 Å². The molecular weight excluding hydrogens is 315 g/mol. The largest absolute Gasteiger partial charge is 0.436 e. The quantitative estimate of drug-likeness (QED) is 0.868. The van der Waals surface area contributed by atoms with Crippen molar-refractivity contribution < 1.29 is 13.9 Å². The summed E-state index contributed by atoms with van der Waals surface area (Å²) in [5, 5.41) is 9.20. The zero-order valence-corrected chi connectivity index (χ0v) is 12.5. The highest BCUT2D eigenvalue weighted by atomic mass is 35.5. The van der Waals surface area contributed by atoms with Crippen molar-refractivity contribution in [1.29, 1.82) is 0 Å². The summed E-state index contributed by atoms with van der Waals surface area (Å²) in [6.45, 7) is 0.734. The molecule has 1 heterocycles. The normalized spacial score (nSPS) is 10.4. The van der Waals surface area contributed by atoms with Crippen molar-refractivity contribution in [2.24, 2.45) is 5.18 Å². The number of ether oxygens (including phenoxy) is 1. The molecule has 22 heavy (non-hydrogen) atoms. The van der Waals surface area contributed by atoms with Crippen LogP contribution in [-0.4, -0.2) is 22.9 Å². The lowest BCUT2D eigenvalue weighted by Crippen LogP contribution is -2.26. The van der Waals surface area contributed by atoms with Gasteiger partial charge in [0.25, 0.3) is 5.88 Å². The molecule has 116 valence electrons. The molecule has 0 aliphatic heterocycles. The molecule has 1 amide bonds. The van der Waals surface area contributed by atoms with Crippen LogP contribution in [0.25, 0.3) is 0 Å². The summed E-state index contributed by atoms with van der Waals surface area (Å²) >= 11 is 6.07. The number of rotatable bonds is 4. The van der Waals surface area contributed by atoms with E-state index in [0.29, 0.717) is 5.69 Å². The van der Waals surface area contributed by atoms with Crippen LogP contribution in [0.1, 0.15) is 11.3 Å². The standard InChI is InChI=1S/C13H12ClFN4O3/c1-7-11(14)12(17-19(7)13(20)16-2)22-10-4-3-9(18-21)5-8(10)6-15/h3-5H,6H2,1-2H3,(H,16,20). The number of nitroso groups, excluding NO2 is 1. The summed E-state index contributed by atoms with van der Waals surface area (Å²) in [6, 6.07) is 3.54. The van der Waals surface area contributed by atoms with Crippen molar-refractivity contribution in [2.75, 3.05) is 7.05 Å². The molecule has 1 aromatic heterocycles. The number of benzene rings is 1. The van der Waals surface area contributed by atoms with Crippen molar-refractivity contribution in [3.63, 3.8) is 0 Å². The van der Waals surface area contributed by atoms with Crippen LogP contribution in [0.3, 0.4) is 0 Å². The highest BCUT2D eigenvalue weighted by Gasteiger charge is 2.19. The number of carbonyl (C=O) groups is 1. The average Bonchev–Trinajstić information content (AvgIpc) is 2.83. The molecule has 0 saturated heterocycles. The van der Waals surface area contributed by atoms with E-state index in [1.807, 2.05) is 0 Å². The van der Waals surface area contributed by atoms with Crippen LogP contribution in [0.15, 0.2) is 23.4 Å². The van der Waals surface area contributed by atoms with E-state index < -0.39 is 12.7 Å². The summed E-state index contributed by atoms with van der Waals surface area (Å²) < 4.78 is 19.5. The molecule has 0 aliphatic rings. The Kier molecular flexibility index (Phi) is 4.71. The van der Waals surface area contributed by atoms with Gasteiger partial charge in [-0.05, 0) is 30.3 Å². The second-order valence-corrected chi connectivity index (χ2v) is 4.67. The minimum Gasteiger partial charge on any atom is -0.436 e. The number of halogens is 2. The molecule has 7 nitrogen and oxygen atoms in total. The molecule has 2 rings (SSSR count). The molecule has 0 saturated carbocycles. The number of hydrogen-bond acceptors (Lipinski definition) is 5. The van der Waals surface area contributed by atoms with Crippen molar-refractivity contribution in [1.82, 2.24) is 15.1 Å². The fourth-order valence-corrected chi connectivity index (χ4v) is 1.91. The van der Waals surface area contributed by atoms with Crippen LogP contribution in [0.5, 0.6) is 11.6 Å². The highest BCUT2D eigenvalue weighted by molar-refractivity contribution is 6.32. The van der Waals surface area contributed by atoms with Crippen LogP contribution in [0, 0.1) is 11.8 Å². The van der Waals surface area contributed by atoms with Gasteiger partial charge < -0.3 is 10.1 Å². The van der Waals surface area contributed by atoms with Crippen LogP contribution < -0.4 is 10.1 Å². The first-order chi connectivity index (χ1) is 10.5. The van der Waals surface area contributed by atoms with E-state index in [1.165, 1.54) is 25.2 Å². The monoisotopic (exact) mass is 326 g/mol. The fourth-order valence-electron chi connectivity index (χ4n) is 1.76. The Morgan fingerprint density at radius 3 is 2.86 bits per heavy atom. The first-order valence-corrected chi connectivity index (χ1v) is 6.57. The van der Waals surface area contributed by atoms with E-state index >= 15 is 0 Å². The van der Waals surface area contributed by atoms with Gasteiger partial charge in [0.05, 0.1) is 5.69 Å². The van der Waals surface area contributed by atoms with Crippen LogP contribution in [-0.2, 0) is 6.67 Å². The molecule has 0 radical (unpaired) electrons. The van der Waals surface area contributed by atoms with Gasteiger partial charge in [0.1, 0.15) is 23.1 Å². The predicted octanol–water partition coefficient (Wildman–Crippen LogP) is 3.69. The third-order valence-electron chi connectivity index (χ3n) is 2.92. The fraction of sp³-hybridized carbons (Fsp3) is 0.231. The maximum absolute atomic E-state index is 13.0. The Morgan fingerprint density at radius 1 is 1.55 bits per heavy atom. The van der Waals surface area contributed by atoms with Crippen LogP contribution in [0.4, 0.5) is 14.9 Å². The number of hydrogen-bond donors (Lipinski definition) is 1. The van der Waals surface area contributed by atoms with Gasteiger partial charge in [-0.15, -0.1) is 10.0 Å². The Balaban J connectivity index is 2.39. The zero-order chi connectivity index (χ0) is 16.3. The lowest BCUT2D eigenvalue weighted by molar-refractivity contribution is 0.240. The van der Waals surface area contributed by atoms with Crippen LogP contribution in [0.2, 0.25) is 5.02 Å². The summed E-state index contributed by atoms with van der Waals surface area (Å²) in [5.74, 6) is 0.0997. The summed E-state index contributed by atoms with van der Waals surface area (Å²) in [6.07, 6.45) is 0. The van der Waals surface area contributed by atoms with Gasteiger partial charge in [0, 0.05) is 12.6 Å². The van der Waals surface area contributed by atoms with Gasteiger partial charge in [0.15, 0.2) is 0 Å². The minimum atomic E-state index is -0.856. The Hall–Kier alpha value is -2.48. The molecule has 9 heteroatoms. The first kappa shape index (κ1) is 15.9. The van der Waals surface area contributed by atoms with Crippen molar-refractivity contribution >= 4 is 23.3 Å². The molecule has 0 bridgehead atoms. The minimum absolute atomic E-state index is 0.0377. The second kappa shape index (κ2) is 6.52. The first-order valence-electron chi connectivity index (χ1n) is 6.19. The van der Waals surface area contributed by atoms with E-state index in [9.17, 15) is 14.1 Å². The van der Waals surface area contributed by atoms with Gasteiger partial charge in [0.2, 0.25) is 0 Å². The molecule has 0 atom stereocenters. The number of carbonyl (C=O) groups excluding carboxylic acids is 1. The summed E-state index contributed by atoms with van der Waals surface area (Å²) in [5.41, 5.74) is 0.586. The molecule has 0 spiro atoms. The third kappa shape index (κ3) is 2.91. The van der Waals surface area contributed by atoms with Crippen molar-refractivity contribution in [2.45, 2.75) is 13.6 Å². The van der Waals surface area contributed by atoms with Gasteiger partial charge in [-0.2, -0.15) is 4.68 Å². The van der Waals surface area contributed by atoms with Gasteiger partial charge >= 0.3 is 6.03 Å². The maximum Gasteiger partial charge on any atom is 0.342 e. The molecule has 2 aromatic rings. The van der Waals surface area contributed by atoms with E-state index in [4.69, 9.17) is 16.3 Å². The number of amides is 1. The van der Waals surface area contributed by atoms with Gasteiger partial charge in [-0.25, -0.2) is 9.18 Å². The number of alkyl halides is 1. The number of nitrogens with one attached hydrogen (secondary N) is 1. The SMILES string of the molecule is CNC(=O)n1nc(Oc2ccc(N=O)cc2CF)c(Cl)c1C. The van der Waals surface area contributed by atoms with E-state index in [2.05, 4.69) is 15.6 Å². The lowest BCUT2D eigenvalue weighted by atomic mass is 10.2. The van der Waals surface area contributed by atoms with Crippen molar-refractivity contribution in [3.8, 4) is 11.6 Å². The average molecular weight is 327 g/mol. The topological polar surface area (TPSA) is 85.6 Å². The van der Waals surface area contributed by atoms with E-state index in [1.54, 1.807) is 6.92 Å². The zero-order valence-electron chi connectivity index (χ0n) is 11.8. The Morgan fingerprint density at radius 2 is 2.27 bits per heavy atom.